The standard InChI is InChI=1S/C35H36Cl2N8O3/c1-19(2)31-40-25-14-8-16-38-30(25)32(42-31)39-23-12-6-10-20(28(23)36)21-11-7-13-24(29(21)37)41-33(46)26-18-27-22(15-9-17-45(27)44-26)43-35(3,4)34(47)48-5/h6-8,10-14,16,18-19,22,43H,9,15,17H2,1-5H3,(H,41,46)(H,39,40,42)/t22-/m1/s1. The first kappa shape index (κ1) is 33.3. The van der Waals surface area contributed by atoms with Crippen molar-refractivity contribution in [3.05, 3.63) is 88.1 Å². The van der Waals surface area contributed by atoms with E-state index in [-0.39, 0.29) is 23.6 Å². The number of carbonyl (C=O) groups excluding carboxylic acids is 2. The molecular formula is C35H36Cl2N8O3. The first-order valence-electron chi connectivity index (χ1n) is 15.7. The van der Waals surface area contributed by atoms with Crippen LogP contribution in [0.2, 0.25) is 10.0 Å². The number of carbonyl (C=O) groups is 2. The summed E-state index contributed by atoms with van der Waals surface area (Å²) in [4.78, 5) is 39.7. The van der Waals surface area contributed by atoms with Gasteiger partial charge in [-0.2, -0.15) is 5.10 Å². The summed E-state index contributed by atoms with van der Waals surface area (Å²) in [6.07, 6.45) is 3.33. The summed E-state index contributed by atoms with van der Waals surface area (Å²) in [5.74, 6) is 0.565. The SMILES string of the molecule is COC(=O)C(C)(C)N[C@@H]1CCCn2nc(C(=O)Nc3cccc(-c4cccc(Nc5nc(C(C)C)nc6cccnc56)c4Cl)c3Cl)cc21. The molecule has 3 N–H and O–H groups in total. The van der Waals surface area contributed by atoms with Crippen LogP contribution in [-0.4, -0.2) is 49.3 Å². The fourth-order valence-corrected chi connectivity index (χ4v) is 6.36. The molecule has 1 aliphatic rings. The van der Waals surface area contributed by atoms with Crippen LogP contribution in [0, 0.1) is 0 Å². The van der Waals surface area contributed by atoms with E-state index in [0.29, 0.717) is 56.3 Å². The van der Waals surface area contributed by atoms with Gasteiger partial charge in [-0.3, -0.25) is 24.6 Å². The Morgan fingerprint density at radius 1 is 1.00 bits per heavy atom. The van der Waals surface area contributed by atoms with Gasteiger partial charge in [0.2, 0.25) is 0 Å². The number of fused-ring (bicyclic) bond motifs is 2. The molecule has 0 unspecified atom stereocenters. The number of anilines is 3. The molecule has 0 bridgehead atoms. The minimum atomic E-state index is -0.910. The summed E-state index contributed by atoms with van der Waals surface area (Å²) in [6.45, 7) is 8.27. The molecule has 0 saturated carbocycles. The number of benzene rings is 2. The van der Waals surface area contributed by atoms with E-state index in [4.69, 9.17) is 32.9 Å². The van der Waals surface area contributed by atoms with E-state index in [2.05, 4.69) is 31.0 Å². The first-order valence-corrected chi connectivity index (χ1v) is 16.4. The van der Waals surface area contributed by atoms with Gasteiger partial charge in [-0.25, -0.2) is 9.97 Å². The van der Waals surface area contributed by atoms with Gasteiger partial charge in [0.1, 0.15) is 16.9 Å². The second-order valence-corrected chi connectivity index (χ2v) is 13.3. The fourth-order valence-electron chi connectivity index (χ4n) is 5.81. The molecule has 1 aliphatic heterocycles. The van der Waals surface area contributed by atoms with Gasteiger partial charge < -0.3 is 15.4 Å². The van der Waals surface area contributed by atoms with Crippen molar-refractivity contribution in [2.45, 2.75) is 64.6 Å². The van der Waals surface area contributed by atoms with E-state index in [9.17, 15) is 9.59 Å². The van der Waals surface area contributed by atoms with Crippen molar-refractivity contribution in [1.29, 1.82) is 0 Å². The van der Waals surface area contributed by atoms with Crippen molar-refractivity contribution in [2.24, 2.45) is 0 Å². The molecule has 3 aromatic heterocycles. The maximum atomic E-state index is 13.5. The third-order valence-corrected chi connectivity index (χ3v) is 9.09. The summed E-state index contributed by atoms with van der Waals surface area (Å²) >= 11 is 13.9. The molecule has 1 amide bonds. The highest BCUT2D eigenvalue weighted by Gasteiger charge is 2.34. The molecule has 0 saturated heterocycles. The molecule has 0 aliphatic carbocycles. The van der Waals surface area contributed by atoms with Gasteiger partial charge in [0.15, 0.2) is 11.5 Å². The number of nitrogens with one attached hydrogen (secondary N) is 3. The van der Waals surface area contributed by atoms with Crippen molar-refractivity contribution >= 4 is 63.3 Å². The molecule has 6 rings (SSSR count). The van der Waals surface area contributed by atoms with Crippen LogP contribution in [0.4, 0.5) is 17.2 Å². The zero-order valence-electron chi connectivity index (χ0n) is 27.3. The Morgan fingerprint density at radius 3 is 2.42 bits per heavy atom. The summed E-state index contributed by atoms with van der Waals surface area (Å²) < 4.78 is 6.76. The average molecular weight is 688 g/mol. The van der Waals surface area contributed by atoms with Crippen molar-refractivity contribution in [3.63, 3.8) is 0 Å². The van der Waals surface area contributed by atoms with Crippen molar-refractivity contribution in [3.8, 4) is 11.1 Å². The number of rotatable bonds is 9. The van der Waals surface area contributed by atoms with Crippen molar-refractivity contribution in [2.75, 3.05) is 17.7 Å². The number of hydrogen-bond acceptors (Lipinski definition) is 9. The highest BCUT2D eigenvalue weighted by Crippen LogP contribution is 2.41. The van der Waals surface area contributed by atoms with Crippen LogP contribution in [0.1, 0.15) is 74.5 Å². The van der Waals surface area contributed by atoms with E-state index >= 15 is 0 Å². The quantitative estimate of drug-likeness (QED) is 0.133. The normalized spacial score (nSPS) is 14.5. The van der Waals surface area contributed by atoms with E-state index in [1.54, 1.807) is 42.9 Å². The molecule has 0 fully saturated rings. The van der Waals surface area contributed by atoms with Crippen molar-refractivity contribution < 1.29 is 14.3 Å². The summed E-state index contributed by atoms with van der Waals surface area (Å²) in [6, 6.07) is 16.3. The van der Waals surface area contributed by atoms with Gasteiger partial charge in [-0.1, -0.05) is 61.3 Å². The van der Waals surface area contributed by atoms with Crippen LogP contribution >= 0.6 is 23.2 Å². The number of nitrogens with zero attached hydrogens (tertiary/aromatic N) is 5. The smallest absolute Gasteiger partial charge is 0.325 e. The largest absolute Gasteiger partial charge is 0.468 e. The Hall–Kier alpha value is -4.58. The number of ether oxygens (including phenoxy) is 1. The van der Waals surface area contributed by atoms with Crippen LogP contribution in [0.3, 0.4) is 0 Å². The van der Waals surface area contributed by atoms with Crippen LogP contribution < -0.4 is 16.0 Å². The van der Waals surface area contributed by atoms with Gasteiger partial charge >= 0.3 is 5.97 Å². The lowest BCUT2D eigenvalue weighted by molar-refractivity contribution is -0.147. The molecule has 1 atom stereocenters. The number of aromatic nitrogens is 5. The minimum absolute atomic E-state index is 0.109. The Bertz CT molecular complexity index is 2030. The zero-order valence-corrected chi connectivity index (χ0v) is 28.8. The number of hydrogen-bond donors (Lipinski definition) is 3. The average Bonchev–Trinajstić information content (AvgIpc) is 3.52. The molecule has 13 heteroatoms. The number of aryl methyl sites for hydroxylation is 1. The van der Waals surface area contributed by atoms with E-state index in [0.717, 1.165) is 24.1 Å². The molecule has 4 heterocycles. The lowest BCUT2D eigenvalue weighted by Gasteiger charge is -2.32. The first-order chi connectivity index (χ1) is 23.0. The number of esters is 1. The molecule has 48 heavy (non-hydrogen) atoms. The van der Waals surface area contributed by atoms with Crippen molar-refractivity contribution in [1.82, 2.24) is 30.0 Å². The number of halogens is 2. The summed E-state index contributed by atoms with van der Waals surface area (Å²) in [5, 5.41) is 15.0. The summed E-state index contributed by atoms with van der Waals surface area (Å²) in [7, 11) is 1.36. The molecular weight excluding hydrogens is 651 g/mol. The molecule has 2 aromatic carbocycles. The predicted octanol–water partition coefficient (Wildman–Crippen LogP) is 7.69. The maximum Gasteiger partial charge on any atom is 0.325 e. The third-order valence-electron chi connectivity index (χ3n) is 8.27. The maximum absolute atomic E-state index is 13.5. The van der Waals surface area contributed by atoms with Crippen LogP contribution in [0.25, 0.3) is 22.2 Å². The lowest BCUT2D eigenvalue weighted by atomic mass is 9.98. The van der Waals surface area contributed by atoms with Crippen LogP contribution in [-0.2, 0) is 16.1 Å². The Labute approximate surface area is 288 Å². The Balaban J connectivity index is 1.26. The van der Waals surface area contributed by atoms with E-state index < -0.39 is 11.4 Å². The number of pyridine rings is 1. The number of amides is 1. The lowest BCUT2D eigenvalue weighted by Crippen LogP contribution is -2.50. The Kier molecular flexibility index (Phi) is 9.37. The topological polar surface area (TPSA) is 136 Å². The summed E-state index contributed by atoms with van der Waals surface area (Å²) in [5.41, 5.74) is 3.84. The minimum Gasteiger partial charge on any atom is -0.468 e. The Morgan fingerprint density at radius 2 is 1.71 bits per heavy atom. The van der Waals surface area contributed by atoms with E-state index in [1.165, 1.54) is 7.11 Å². The molecule has 5 aromatic rings. The highest BCUT2D eigenvalue weighted by atomic mass is 35.5. The number of methoxy groups -OCH3 is 1. The third kappa shape index (κ3) is 6.58. The predicted molar refractivity (Wildman–Crippen MR) is 188 cm³/mol. The van der Waals surface area contributed by atoms with Gasteiger partial charge in [-0.05, 0) is 57.0 Å². The van der Waals surface area contributed by atoms with E-state index in [1.807, 2.05) is 50.2 Å². The fraction of sp³-hybridized carbons (Fsp3) is 0.314. The second-order valence-electron chi connectivity index (χ2n) is 12.5. The van der Waals surface area contributed by atoms with Gasteiger partial charge in [0.05, 0.1) is 45.8 Å². The van der Waals surface area contributed by atoms with Crippen LogP contribution in [0.5, 0.6) is 0 Å². The molecule has 11 nitrogen and oxygen atoms in total. The van der Waals surface area contributed by atoms with Gasteiger partial charge in [0, 0.05) is 29.8 Å². The van der Waals surface area contributed by atoms with Gasteiger partial charge in [-0.15, -0.1) is 0 Å². The second kappa shape index (κ2) is 13.5. The van der Waals surface area contributed by atoms with Gasteiger partial charge in [0.25, 0.3) is 5.91 Å². The molecule has 248 valence electrons. The monoisotopic (exact) mass is 686 g/mol. The molecule has 0 spiro atoms. The molecule has 0 radical (unpaired) electrons. The van der Waals surface area contributed by atoms with Crippen LogP contribution in [0.15, 0.2) is 60.8 Å². The zero-order chi connectivity index (χ0) is 34.2. The highest BCUT2D eigenvalue weighted by molar-refractivity contribution is 6.39.